The van der Waals surface area contributed by atoms with Crippen molar-refractivity contribution in [2.45, 2.75) is 32.6 Å². The van der Waals surface area contributed by atoms with Gasteiger partial charge in [0.05, 0.1) is 12.2 Å². The van der Waals surface area contributed by atoms with E-state index in [-0.39, 0.29) is 23.7 Å². The van der Waals surface area contributed by atoms with Gasteiger partial charge in [-0.3, -0.25) is 4.79 Å². The van der Waals surface area contributed by atoms with Gasteiger partial charge in [-0.1, -0.05) is 25.0 Å². The van der Waals surface area contributed by atoms with Gasteiger partial charge in [-0.2, -0.15) is 0 Å². The molecule has 2 rings (SSSR count). The van der Waals surface area contributed by atoms with E-state index >= 15 is 0 Å². The fraction of sp³-hybridized carbons (Fsp3) is 0.533. The van der Waals surface area contributed by atoms with Crippen molar-refractivity contribution >= 4 is 5.91 Å². The molecule has 1 aromatic carbocycles. The predicted molar refractivity (Wildman–Crippen MR) is 73.2 cm³/mol. The normalized spacial score (nSPS) is 17.4. The number of aliphatic hydroxyl groups is 1. The molecule has 0 saturated heterocycles. The highest BCUT2D eigenvalue weighted by molar-refractivity contribution is 5.97. The lowest BCUT2D eigenvalue weighted by Gasteiger charge is -2.26. The third-order valence-electron chi connectivity index (χ3n) is 4.11. The molecule has 0 spiro atoms. The first-order chi connectivity index (χ1) is 9.08. The number of aliphatic hydroxyl groups excluding tert-OH is 1. The Labute approximate surface area is 113 Å². The Bertz CT molecular complexity index is 464. The molecular weight excluding hydrogens is 242 g/mol. The number of aryl methyl sites for hydroxylation is 1. The molecule has 0 atom stereocenters. The summed E-state index contributed by atoms with van der Waals surface area (Å²) in [5, 5.41) is 22.2. The first-order valence-corrected chi connectivity index (χ1v) is 6.76. The molecule has 1 amide bonds. The monoisotopic (exact) mass is 263 g/mol. The van der Waals surface area contributed by atoms with E-state index in [4.69, 9.17) is 0 Å². The SMILES string of the molecule is Cc1cccc(C(=O)NCC2(CO)CCCC2)c1O. The first-order valence-electron chi connectivity index (χ1n) is 6.76. The van der Waals surface area contributed by atoms with E-state index in [1.807, 2.05) is 0 Å². The number of hydrogen-bond donors (Lipinski definition) is 3. The number of para-hydroxylation sites is 1. The number of amides is 1. The average molecular weight is 263 g/mol. The number of rotatable bonds is 4. The lowest BCUT2D eigenvalue weighted by atomic mass is 9.87. The van der Waals surface area contributed by atoms with Crippen molar-refractivity contribution < 1.29 is 15.0 Å². The fourth-order valence-corrected chi connectivity index (χ4v) is 2.72. The molecule has 19 heavy (non-hydrogen) atoms. The highest BCUT2D eigenvalue weighted by Crippen LogP contribution is 2.37. The number of phenolic OH excluding ortho intramolecular Hbond substituents is 1. The lowest BCUT2D eigenvalue weighted by Crippen LogP contribution is -2.38. The number of benzene rings is 1. The minimum Gasteiger partial charge on any atom is -0.507 e. The standard InChI is InChI=1S/C15H21NO3/c1-11-5-4-6-12(13(11)18)14(19)16-9-15(10-17)7-2-3-8-15/h4-6,17-18H,2-3,7-10H2,1H3,(H,16,19). The van der Waals surface area contributed by atoms with Crippen LogP contribution in [0.25, 0.3) is 0 Å². The van der Waals surface area contributed by atoms with Gasteiger partial charge >= 0.3 is 0 Å². The van der Waals surface area contributed by atoms with E-state index in [1.54, 1.807) is 25.1 Å². The highest BCUT2D eigenvalue weighted by atomic mass is 16.3. The first kappa shape index (κ1) is 13.9. The van der Waals surface area contributed by atoms with Crippen LogP contribution in [0.15, 0.2) is 18.2 Å². The van der Waals surface area contributed by atoms with E-state index in [2.05, 4.69) is 5.32 Å². The number of aromatic hydroxyl groups is 1. The molecule has 1 saturated carbocycles. The molecule has 1 fully saturated rings. The van der Waals surface area contributed by atoms with E-state index in [1.165, 1.54) is 0 Å². The third kappa shape index (κ3) is 2.89. The highest BCUT2D eigenvalue weighted by Gasteiger charge is 2.33. The smallest absolute Gasteiger partial charge is 0.255 e. The van der Waals surface area contributed by atoms with E-state index in [0.29, 0.717) is 17.7 Å². The van der Waals surface area contributed by atoms with Gasteiger partial charge in [0.25, 0.3) is 5.91 Å². The lowest BCUT2D eigenvalue weighted by molar-refractivity contribution is 0.0878. The molecule has 3 N–H and O–H groups in total. The topological polar surface area (TPSA) is 69.6 Å². The van der Waals surface area contributed by atoms with Crippen molar-refractivity contribution in [3.63, 3.8) is 0 Å². The van der Waals surface area contributed by atoms with Crippen molar-refractivity contribution in [2.75, 3.05) is 13.2 Å². The molecule has 0 aliphatic heterocycles. The average Bonchev–Trinajstić information content (AvgIpc) is 2.89. The van der Waals surface area contributed by atoms with Crippen molar-refractivity contribution in [1.82, 2.24) is 5.32 Å². The zero-order valence-corrected chi connectivity index (χ0v) is 11.3. The molecule has 104 valence electrons. The number of carbonyl (C=O) groups is 1. The summed E-state index contributed by atoms with van der Waals surface area (Å²) in [4.78, 5) is 12.1. The number of carbonyl (C=O) groups excluding carboxylic acids is 1. The van der Waals surface area contributed by atoms with Gasteiger partial charge in [-0.15, -0.1) is 0 Å². The molecule has 0 aromatic heterocycles. The van der Waals surface area contributed by atoms with E-state index in [9.17, 15) is 15.0 Å². The van der Waals surface area contributed by atoms with Crippen LogP contribution in [0.4, 0.5) is 0 Å². The minimum absolute atomic E-state index is 0.0319. The predicted octanol–water partition coefficient (Wildman–Crippen LogP) is 1.98. The summed E-state index contributed by atoms with van der Waals surface area (Å²) in [6, 6.07) is 5.12. The summed E-state index contributed by atoms with van der Waals surface area (Å²) in [5.74, 6) is -0.245. The maximum absolute atomic E-state index is 12.1. The van der Waals surface area contributed by atoms with E-state index in [0.717, 1.165) is 25.7 Å². The molecule has 4 nitrogen and oxygen atoms in total. The van der Waals surface area contributed by atoms with Crippen LogP contribution < -0.4 is 5.32 Å². The van der Waals surface area contributed by atoms with Crippen LogP contribution in [-0.4, -0.2) is 29.3 Å². The van der Waals surface area contributed by atoms with Gasteiger partial charge < -0.3 is 15.5 Å². The Balaban J connectivity index is 2.03. The van der Waals surface area contributed by atoms with Crippen LogP contribution in [0.2, 0.25) is 0 Å². The quantitative estimate of drug-likeness (QED) is 0.778. The summed E-state index contributed by atoms with van der Waals surface area (Å²) < 4.78 is 0. The maximum atomic E-state index is 12.1. The summed E-state index contributed by atoms with van der Waals surface area (Å²) in [7, 11) is 0. The van der Waals surface area contributed by atoms with Gasteiger partial charge in [0.2, 0.25) is 0 Å². The zero-order chi connectivity index (χ0) is 13.9. The molecular formula is C15H21NO3. The largest absolute Gasteiger partial charge is 0.507 e. The molecule has 0 unspecified atom stereocenters. The summed E-state index contributed by atoms with van der Waals surface area (Å²) in [5.41, 5.74) is 0.811. The number of nitrogens with one attached hydrogen (secondary N) is 1. The second-order valence-corrected chi connectivity index (χ2v) is 5.52. The zero-order valence-electron chi connectivity index (χ0n) is 11.3. The van der Waals surface area contributed by atoms with Gasteiger partial charge in [0.15, 0.2) is 0 Å². The van der Waals surface area contributed by atoms with Gasteiger partial charge in [0, 0.05) is 12.0 Å². The van der Waals surface area contributed by atoms with Gasteiger partial charge in [0.1, 0.15) is 5.75 Å². The molecule has 0 bridgehead atoms. The van der Waals surface area contributed by atoms with Crippen molar-refractivity contribution in [2.24, 2.45) is 5.41 Å². The summed E-state index contributed by atoms with van der Waals surface area (Å²) >= 11 is 0. The van der Waals surface area contributed by atoms with Crippen molar-refractivity contribution in [1.29, 1.82) is 0 Å². The molecule has 1 aliphatic carbocycles. The van der Waals surface area contributed by atoms with Crippen LogP contribution in [0.3, 0.4) is 0 Å². The second-order valence-electron chi connectivity index (χ2n) is 5.52. The van der Waals surface area contributed by atoms with Gasteiger partial charge in [-0.25, -0.2) is 0 Å². The molecule has 1 aliphatic rings. The maximum Gasteiger partial charge on any atom is 0.255 e. The van der Waals surface area contributed by atoms with Crippen LogP contribution >= 0.6 is 0 Å². The molecule has 0 heterocycles. The minimum atomic E-state index is -0.277. The Hall–Kier alpha value is -1.55. The third-order valence-corrected chi connectivity index (χ3v) is 4.11. The molecule has 1 aromatic rings. The number of hydrogen-bond acceptors (Lipinski definition) is 3. The Morgan fingerprint density at radius 2 is 2.05 bits per heavy atom. The van der Waals surface area contributed by atoms with Crippen LogP contribution in [0, 0.1) is 12.3 Å². The Morgan fingerprint density at radius 1 is 1.37 bits per heavy atom. The van der Waals surface area contributed by atoms with Crippen LogP contribution in [0.5, 0.6) is 5.75 Å². The van der Waals surface area contributed by atoms with E-state index < -0.39 is 0 Å². The summed E-state index contributed by atoms with van der Waals surface area (Å²) in [6.45, 7) is 2.33. The van der Waals surface area contributed by atoms with Gasteiger partial charge in [-0.05, 0) is 31.4 Å². The Morgan fingerprint density at radius 3 is 2.68 bits per heavy atom. The van der Waals surface area contributed by atoms with Crippen LogP contribution in [0.1, 0.15) is 41.6 Å². The summed E-state index contributed by atoms with van der Waals surface area (Å²) in [6.07, 6.45) is 4.10. The second kappa shape index (κ2) is 5.61. The fourth-order valence-electron chi connectivity index (χ4n) is 2.72. The number of phenols is 1. The van der Waals surface area contributed by atoms with Crippen LogP contribution in [-0.2, 0) is 0 Å². The van der Waals surface area contributed by atoms with Crippen molar-refractivity contribution in [3.8, 4) is 5.75 Å². The van der Waals surface area contributed by atoms with Crippen molar-refractivity contribution in [3.05, 3.63) is 29.3 Å². The molecule has 4 heteroatoms. The molecule has 0 radical (unpaired) electrons. The Kier molecular flexibility index (Phi) is 4.10.